The number of piperidine rings is 1. The third-order valence-electron chi connectivity index (χ3n) is 5.11. The van der Waals surface area contributed by atoms with Crippen molar-refractivity contribution in [1.82, 2.24) is 29.8 Å². The Hall–Kier alpha value is -1.06. The summed E-state index contributed by atoms with van der Waals surface area (Å²) in [6.45, 7) is 3.45. The minimum atomic E-state index is -3.26. The van der Waals surface area contributed by atoms with Gasteiger partial charge < -0.3 is 0 Å². The molecule has 1 aromatic rings. The Morgan fingerprint density at radius 3 is 2.61 bits per heavy atom. The standard InChI is InChI=1S/C14H26N6O2S/c1-11(14-15-17-18-19(14)2)20-9-5-8-13(10-20)23(21,22)16-12-6-3-4-7-12/h11-13,16H,3-10H2,1-2H3/t11-,13-/m0/s1. The molecule has 1 aromatic heterocycles. The molecule has 1 saturated carbocycles. The van der Waals surface area contributed by atoms with Crippen molar-refractivity contribution in [3.63, 3.8) is 0 Å². The van der Waals surface area contributed by atoms with E-state index in [1.54, 1.807) is 4.68 Å². The van der Waals surface area contributed by atoms with Gasteiger partial charge in [-0.25, -0.2) is 17.8 Å². The molecule has 8 nitrogen and oxygen atoms in total. The molecular formula is C14H26N6O2S. The zero-order valence-corrected chi connectivity index (χ0v) is 14.7. The second kappa shape index (κ2) is 6.82. The van der Waals surface area contributed by atoms with Gasteiger partial charge in [0.15, 0.2) is 5.82 Å². The molecule has 0 amide bonds. The van der Waals surface area contributed by atoms with Gasteiger partial charge >= 0.3 is 0 Å². The highest BCUT2D eigenvalue weighted by molar-refractivity contribution is 7.90. The van der Waals surface area contributed by atoms with Crippen LogP contribution in [-0.4, -0.2) is 57.9 Å². The molecule has 1 saturated heterocycles. The van der Waals surface area contributed by atoms with E-state index in [1.807, 2.05) is 14.0 Å². The maximum atomic E-state index is 12.7. The van der Waals surface area contributed by atoms with Crippen molar-refractivity contribution < 1.29 is 8.42 Å². The molecule has 2 atom stereocenters. The SMILES string of the molecule is C[C@@H](c1nnnn1C)N1CCC[C@H](S(=O)(=O)NC2CCCC2)C1. The fourth-order valence-corrected chi connectivity index (χ4v) is 5.45. The van der Waals surface area contributed by atoms with Gasteiger partial charge in [0.1, 0.15) is 0 Å². The summed E-state index contributed by atoms with van der Waals surface area (Å²) in [4.78, 5) is 2.17. The summed E-state index contributed by atoms with van der Waals surface area (Å²) in [5.41, 5.74) is 0. The summed E-state index contributed by atoms with van der Waals surface area (Å²) in [5, 5.41) is 11.3. The first kappa shape index (κ1) is 16.8. The minimum Gasteiger partial charge on any atom is -0.292 e. The zero-order valence-electron chi connectivity index (χ0n) is 13.8. The lowest BCUT2D eigenvalue weighted by Crippen LogP contribution is -2.49. The Morgan fingerprint density at radius 2 is 1.96 bits per heavy atom. The molecule has 3 rings (SSSR count). The largest absolute Gasteiger partial charge is 0.292 e. The van der Waals surface area contributed by atoms with E-state index in [0.717, 1.165) is 50.9 Å². The smallest absolute Gasteiger partial charge is 0.215 e. The molecule has 23 heavy (non-hydrogen) atoms. The van der Waals surface area contributed by atoms with Crippen LogP contribution in [0.1, 0.15) is 57.3 Å². The van der Waals surface area contributed by atoms with Crippen LogP contribution in [-0.2, 0) is 17.1 Å². The van der Waals surface area contributed by atoms with Crippen LogP contribution in [0, 0.1) is 0 Å². The molecule has 2 heterocycles. The third kappa shape index (κ3) is 3.72. The molecule has 0 unspecified atom stereocenters. The highest BCUT2D eigenvalue weighted by Gasteiger charge is 2.35. The van der Waals surface area contributed by atoms with E-state index in [2.05, 4.69) is 25.1 Å². The molecule has 0 spiro atoms. The van der Waals surface area contributed by atoms with Crippen molar-refractivity contribution in [3.8, 4) is 0 Å². The fraction of sp³-hybridized carbons (Fsp3) is 0.929. The van der Waals surface area contributed by atoms with Gasteiger partial charge in [0, 0.05) is 19.6 Å². The number of sulfonamides is 1. The number of nitrogens with one attached hydrogen (secondary N) is 1. The number of hydrogen-bond donors (Lipinski definition) is 1. The first-order chi connectivity index (χ1) is 11.0. The molecule has 0 radical (unpaired) electrons. The van der Waals surface area contributed by atoms with Crippen LogP contribution in [0.5, 0.6) is 0 Å². The quantitative estimate of drug-likeness (QED) is 0.842. The van der Waals surface area contributed by atoms with E-state index in [-0.39, 0.29) is 17.3 Å². The monoisotopic (exact) mass is 342 g/mol. The lowest BCUT2D eigenvalue weighted by atomic mass is 10.1. The topological polar surface area (TPSA) is 93.0 Å². The maximum absolute atomic E-state index is 12.7. The molecule has 1 N–H and O–H groups in total. The molecule has 0 bridgehead atoms. The Morgan fingerprint density at radius 1 is 1.22 bits per heavy atom. The molecule has 0 aromatic carbocycles. The van der Waals surface area contributed by atoms with Gasteiger partial charge in [-0.3, -0.25) is 4.90 Å². The number of nitrogens with zero attached hydrogens (tertiary/aromatic N) is 5. The lowest BCUT2D eigenvalue weighted by Gasteiger charge is -2.36. The van der Waals surface area contributed by atoms with Gasteiger partial charge in [0.05, 0.1) is 11.3 Å². The van der Waals surface area contributed by atoms with E-state index in [4.69, 9.17) is 0 Å². The zero-order chi connectivity index (χ0) is 16.4. The van der Waals surface area contributed by atoms with E-state index >= 15 is 0 Å². The Balaban J connectivity index is 1.66. The van der Waals surface area contributed by atoms with Crippen molar-refractivity contribution in [2.45, 2.75) is 62.8 Å². The summed E-state index contributed by atoms with van der Waals surface area (Å²) in [6.07, 6.45) is 5.79. The normalized spacial score (nSPS) is 25.7. The summed E-state index contributed by atoms with van der Waals surface area (Å²) in [7, 11) is -1.45. The van der Waals surface area contributed by atoms with E-state index in [9.17, 15) is 8.42 Å². The number of hydrogen-bond acceptors (Lipinski definition) is 6. The number of rotatable bonds is 5. The van der Waals surface area contributed by atoms with Crippen molar-refractivity contribution in [1.29, 1.82) is 0 Å². The van der Waals surface area contributed by atoms with E-state index in [1.165, 1.54) is 0 Å². The molecule has 130 valence electrons. The number of aromatic nitrogens is 4. The van der Waals surface area contributed by atoms with Gasteiger partial charge in [0.25, 0.3) is 0 Å². The average molecular weight is 342 g/mol. The second-order valence-corrected chi connectivity index (χ2v) is 8.73. The number of tetrazole rings is 1. The second-order valence-electron chi connectivity index (χ2n) is 6.74. The number of aryl methyl sites for hydroxylation is 1. The Kier molecular flexibility index (Phi) is 4.98. The third-order valence-corrected chi connectivity index (χ3v) is 7.03. The minimum absolute atomic E-state index is 0.0134. The van der Waals surface area contributed by atoms with Gasteiger partial charge in [-0.15, -0.1) is 5.10 Å². The van der Waals surface area contributed by atoms with E-state index < -0.39 is 10.0 Å². The maximum Gasteiger partial charge on any atom is 0.215 e. The van der Waals surface area contributed by atoms with E-state index in [0.29, 0.717) is 6.54 Å². The summed E-state index contributed by atoms with van der Waals surface area (Å²) >= 11 is 0. The highest BCUT2D eigenvalue weighted by atomic mass is 32.2. The average Bonchev–Trinajstić information content (AvgIpc) is 3.18. The van der Waals surface area contributed by atoms with Crippen LogP contribution in [0.2, 0.25) is 0 Å². The van der Waals surface area contributed by atoms with Crippen molar-refractivity contribution >= 4 is 10.0 Å². The van der Waals surface area contributed by atoms with Crippen LogP contribution >= 0.6 is 0 Å². The molecule has 1 aliphatic carbocycles. The summed E-state index contributed by atoms with van der Waals surface area (Å²) in [6, 6.07) is 0.148. The van der Waals surface area contributed by atoms with Crippen LogP contribution in [0.15, 0.2) is 0 Å². The molecule has 9 heteroatoms. The Bertz CT molecular complexity index is 625. The molecule has 2 fully saturated rings. The summed E-state index contributed by atoms with van der Waals surface area (Å²) in [5.74, 6) is 0.770. The van der Waals surface area contributed by atoms with Gasteiger partial charge in [-0.05, 0) is 49.6 Å². The van der Waals surface area contributed by atoms with Crippen molar-refractivity contribution in [3.05, 3.63) is 5.82 Å². The fourth-order valence-electron chi connectivity index (χ4n) is 3.70. The van der Waals surface area contributed by atoms with Gasteiger partial charge in [-0.1, -0.05) is 12.8 Å². The number of likely N-dealkylation sites (tertiary alicyclic amines) is 1. The van der Waals surface area contributed by atoms with Crippen LogP contribution in [0.3, 0.4) is 0 Å². The highest BCUT2D eigenvalue weighted by Crippen LogP contribution is 2.26. The Labute approximate surface area is 137 Å². The van der Waals surface area contributed by atoms with Crippen LogP contribution < -0.4 is 4.72 Å². The first-order valence-electron chi connectivity index (χ1n) is 8.45. The van der Waals surface area contributed by atoms with Gasteiger partial charge in [-0.2, -0.15) is 0 Å². The first-order valence-corrected chi connectivity index (χ1v) is 9.99. The van der Waals surface area contributed by atoms with Crippen LogP contribution in [0.25, 0.3) is 0 Å². The molecule has 1 aliphatic heterocycles. The lowest BCUT2D eigenvalue weighted by molar-refractivity contribution is 0.167. The van der Waals surface area contributed by atoms with Gasteiger partial charge in [0.2, 0.25) is 10.0 Å². The van der Waals surface area contributed by atoms with Crippen molar-refractivity contribution in [2.75, 3.05) is 13.1 Å². The summed E-state index contributed by atoms with van der Waals surface area (Å²) < 4.78 is 29.9. The van der Waals surface area contributed by atoms with Crippen molar-refractivity contribution in [2.24, 2.45) is 7.05 Å². The molecular weight excluding hydrogens is 316 g/mol. The van der Waals surface area contributed by atoms with Crippen LogP contribution in [0.4, 0.5) is 0 Å². The predicted octanol–water partition coefficient (Wildman–Crippen LogP) is 0.598. The predicted molar refractivity (Wildman–Crippen MR) is 86.1 cm³/mol. The molecule has 2 aliphatic rings.